The molecule has 1 heterocycles. The number of fused-ring (bicyclic) bond motifs is 3. The van der Waals surface area contributed by atoms with Crippen molar-refractivity contribution in [3.05, 3.63) is 75.7 Å². The van der Waals surface area contributed by atoms with Crippen molar-refractivity contribution < 1.29 is 24.2 Å². The van der Waals surface area contributed by atoms with E-state index in [9.17, 15) is 14.4 Å². The van der Waals surface area contributed by atoms with Crippen molar-refractivity contribution in [3.63, 3.8) is 0 Å². The number of aliphatic carboxylic acids is 1. The number of nitrogens with zero attached hydrogens (tertiary/aromatic N) is 1. The number of benzene rings is 2. The van der Waals surface area contributed by atoms with Crippen LogP contribution in [0.3, 0.4) is 0 Å². The fraction of sp³-hybridized carbons (Fsp3) is 0.280. The molecule has 0 saturated carbocycles. The van der Waals surface area contributed by atoms with Gasteiger partial charge in [-0.2, -0.15) is 0 Å². The molecule has 4 rings (SSSR count). The highest BCUT2D eigenvalue weighted by Gasteiger charge is 2.29. The van der Waals surface area contributed by atoms with Gasteiger partial charge >= 0.3 is 12.1 Å². The number of carbonyl (C=O) groups excluding carboxylic acids is 2. The second-order valence-corrected chi connectivity index (χ2v) is 9.96. The molecule has 0 aliphatic heterocycles. The number of hydrogen-bond acceptors (Lipinski definition) is 7. The maximum atomic E-state index is 12.5. The molecule has 0 spiro atoms. The first-order chi connectivity index (χ1) is 16.9. The van der Waals surface area contributed by atoms with E-state index in [1.165, 1.54) is 34.2 Å². The minimum atomic E-state index is -0.886. The van der Waals surface area contributed by atoms with Crippen LogP contribution in [0.5, 0.6) is 0 Å². The Balaban J connectivity index is 1.28. The van der Waals surface area contributed by atoms with Crippen LogP contribution < -0.4 is 10.6 Å². The molecule has 1 aromatic heterocycles. The average molecular weight is 512 g/mol. The van der Waals surface area contributed by atoms with E-state index in [0.29, 0.717) is 17.3 Å². The van der Waals surface area contributed by atoms with Crippen molar-refractivity contribution in [1.82, 2.24) is 15.6 Å². The highest BCUT2D eigenvalue weighted by Crippen LogP contribution is 2.44. The number of nitrogens with one attached hydrogen (secondary N) is 2. The number of carboxylic acid groups (broad SMARTS) is 1. The lowest BCUT2D eigenvalue weighted by Crippen LogP contribution is -2.29. The van der Waals surface area contributed by atoms with Crippen molar-refractivity contribution >= 4 is 41.1 Å². The molecule has 35 heavy (non-hydrogen) atoms. The zero-order valence-corrected chi connectivity index (χ0v) is 20.7. The lowest BCUT2D eigenvalue weighted by atomic mass is 9.98. The number of thiazole rings is 1. The Bertz CT molecular complexity index is 1180. The van der Waals surface area contributed by atoms with Gasteiger partial charge < -0.3 is 20.5 Å². The first-order valence-electron chi connectivity index (χ1n) is 11.1. The minimum Gasteiger partial charge on any atom is -0.481 e. The summed E-state index contributed by atoms with van der Waals surface area (Å²) < 4.78 is 5.58. The number of aromatic nitrogens is 1. The van der Waals surface area contributed by atoms with E-state index < -0.39 is 18.1 Å². The third-order valence-corrected chi connectivity index (χ3v) is 7.53. The van der Waals surface area contributed by atoms with Crippen molar-refractivity contribution in [2.75, 3.05) is 24.7 Å². The van der Waals surface area contributed by atoms with Crippen molar-refractivity contribution in [3.8, 4) is 11.1 Å². The van der Waals surface area contributed by atoms with E-state index in [4.69, 9.17) is 9.84 Å². The first-order valence-corrected chi connectivity index (χ1v) is 13.1. The highest BCUT2D eigenvalue weighted by atomic mass is 32.2. The standard InChI is InChI=1S/C25H25N3O5S2/c1-15(24-28-21(13-35-24)23(31)26-10-11-34-14-22(29)30)27-25(32)33-12-20-18-8-4-2-6-16(18)17-7-3-5-9-19(17)20/h2-9,13,15,20H,10-12,14H2,1H3,(H,26,31)(H,27,32)(H,29,30). The van der Waals surface area contributed by atoms with Gasteiger partial charge in [-0.25, -0.2) is 9.78 Å². The van der Waals surface area contributed by atoms with E-state index in [1.54, 1.807) is 12.3 Å². The molecule has 1 unspecified atom stereocenters. The van der Waals surface area contributed by atoms with Crippen molar-refractivity contribution in [2.45, 2.75) is 18.9 Å². The Hall–Kier alpha value is -3.37. The third kappa shape index (κ3) is 6.01. The van der Waals surface area contributed by atoms with Crippen LogP contribution in [-0.4, -0.2) is 52.7 Å². The summed E-state index contributed by atoms with van der Waals surface area (Å²) >= 11 is 2.50. The molecular weight excluding hydrogens is 486 g/mol. The summed E-state index contributed by atoms with van der Waals surface area (Å²) in [6.45, 7) is 2.35. The van der Waals surface area contributed by atoms with E-state index in [0.717, 1.165) is 11.1 Å². The number of ether oxygens (including phenoxy) is 1. The van der Waals surface area contributed by atoms with Gasteiger partial charge in [0.2, 0.25) is 0 Å². The monoisotopic (exact) mass is 511 g/mol. The summed E-state index contributed by atoms with van der Waals surface area (Å²) in [5, 5.41) is 16.3. The second kappa shape index (κ2) is 11.4. The molecule has 0 bridgehead atoms. The quantitative estimate of drug-likeness (QED) is 0.348. The average Bonchev–Trinajstić information content (AvgIpc) is 3.46. The molecule has 1 atom stereocenters. The van der Waals surface area contributed by atoms with Gasteiger partial charge in [-0.05, 0) is 29.2 Å². The van der Waals surface area contributed by atoms with Gasteiger partial charge in [-0.15, -0.1) is 23.1 Å². The molecule has 1 aliphatic rings. The molecule has 182 valence electrons. The van der Waals surface area contributed by atoms with Gasteiger partial charge in [0.25, 0.3) is 5.91 Å². The van der Waals surface area contributed by atoms with Gasteiger partial charge in [0, 0.05) is 23.6 Å². The Morgan fingerprint density at radius 1 is 1.11 bits per heavy atom. The molecular formula is C25H25N3O5S2. The number of amides is 2. The zero-order valence-electron chi connectivity index (χ0n) is 19.0. The number of carbonyl (C=O) groups is 3. The Morgan fingerprint density at radius 3 is 2.43 bits per heavy atom. The van der Waals surface area contributed by atoms with Gasteiger partial charge in [-0.1, -0.05) is 48.5 Å². The van der Waals surface area contributed by atoms with E-state index in [2.05, 4.69) is 39.9 Å². The molecule has 3 aromatic rings. The van der Waals surface area contributed by atoms with Crippen LogP contribution in [0.4, 0.5) is 4.79 Å². The zero-order chi connectivity index (χ0) is 24.8. The largest absolute Gasteiger partial charge is 0.481 e. The number of carboxylic acids is 1. The molecule has 0 fully saturated rings. The fourth-order valence-electron chi connectivity index (χ4n) is 3.96. The summed E-state index contributed by atoms with van der Waals surface area (Å²) in [6, 6.07) is 15.9. The Labute approximate surface area is 211 Å². The van der Waals surface area contributed by atoms with Crippen molar-refractivity contribution in [2.24, 2.45) is 0 Å². The van der Waals surface area contributed by atoms with Crippen LogP contribution in [0.15, 0.2) is 53.9 Å². The lowest BCUT2D eigenvalue weighted by Gasteiger charge is -2.16. The smallest absolute Gasteiger partial charge is 0.407 e. The van der Waals surface area contributed by atoms with Crippen LogP contribution >= 0.6 is 23.1 Å². The predicted molar refractivity (Wildman–Crippen MR) is 136 cm³/mol. The molecule has 0 saturated heterocycles. The molecule has 3 N–H and O–H groups in total. The lowest BCUT2D eigenvalue weighted by molar-refractivity contribution is -0.133. The topological polar surface area (TPSA) is 118 Å². The predicted octanol–water partition coefficient (Wildman–Crippen LogP) is 4.29. The maximum absolute atomic E-state index is 12.5. The van der Waals surface area contributed by atoms with Gasteiger partial charge in [0.1, 0.15) is 17.3 Å². The molecule has 2 amide bonds. The fourth-order valence-corrected chi connectivity index (χ4v) is 5.33. The summed E-state index contributed by atoms with van der Waals surface area (Å²) in [5.74, 6) is -0.753. The number of thioether (sulfide) groups is 1. The van der Waals surface area contributed by atoms with Crippen molar-refractivity contribution in [1.29, 1.82) is 0 Å². The number of alkyl carbamates (subject to hydrolysis) is 1. The maximum Gasteiger partial charge on any atom is 0.407 e. The molecule has 8 nitrogen and oxygen atoms in total. The molecule has 10 heteroatoms. The first kappa shape index (κ1) is 24.7. The van der Waals surface area contributed by atoms with Gasteiger partial charge in [0.15, 0.2) is 0 Å². The second-order valence-electron chi connectivity index (χ2n) is 7.96. The normalized spacial score (nSPS) is 12.9. The van der Waals surface area contributed by atoms with Crippen LogP contribution in [0.2, 0.25) is 0 Å². The molecule has 1 aliphatic carbocycles. The summed E-state index contributed by atoms with van der Waals surface area (Å²) in [5.41, 5.74) is 4.88. The minimum absolute atomic E-state index is 0.00419. The summed E-state index contributed by atoms with van der Waals surface area (Å²) in [4.78, 5) is 39.6. The number of hydrogen-bond donors (Lipinski definition) is 3. The van der Waals surface area contributed by atoms with Crippen LogP contribution in [0.1, 0.15) is 45.5 Å². The highest BCUT2D eigenvalue weighted by molar-refractivity contribution is 7.99. The number of rotatable bonds is 10. The summed E-state index contributed by atoms with van der Waals surface area (Å²) in [7, 11) is 0. The van der Waals surface area contributed by atoms with E-state index >= 15 is 0 Å². The Kier molecular flexibility index (Phi) is 8.04. The van der Waals surface area contributed by atoms with E-state index in [1.807, 2.05) is 24.3 Å². The SMILES string of the molecule is CC(NC(=O)OCC1c2ccccc2-c2ccccc21)c1nc(C(=O)NCCSCC(=O)O)cs1. The third-order valence-electron chi connectivity index (χ3n) is 5.56. The van der Waals surface area contributed by atoms with Gasteiger partial charge in [-0.3, -0.25) is 9.59 Å². The molecule has 2 aromatic carbocycles. The van der Waals surface area contributed by atoms with Crippen LogP contribution in [0.25, 0.3) is 11.1 Å². The van der Waals surface area contributed by atoms with Crippen LogP contribution in [-0.2, 0) is 9.53 Å². The van der Waals surface area contributed by atoms with Gasteiger partial charge in [0.05, 0.1) is 11.8 Å². The van der Waals surface area contributed by atoms with Crippen LogP contribution in [0, 0.1) is 0 Å². The molecule has 0 radical (unpaired) electrons. The van der Waals surface area contributed by atoms with E-state index in [-0.39, 0.29) is 29.9 Å². The summed E-state index contributed by atoms with van der Waals surface area (Å²) in [6.07, 6.45) is -0.545. The Morgan fingerprint density at radius 2 is 1.77 bits per heavy atom.